The molecule has 0 heterocycles. The lowest BCUT2D eigenvalue weighted by Gasteiger charge is -2.31. The molecule has 0 aliphatic heterocycles. The van der Waals surface area contributed by atoms with Gasteiger partial charge in [0.15, 0.2) is 12.2 Å². The van der Waals surface area contributed by atoms with E-state index in [1.54, 1.807) is 6.92 Å². The van der Waals surface area contributed by atoms with Crippen LogP contribution in [0, 0.1) is 23.7 Å². The van der Waals surface area contributed by atoms with Crippen LogP contribution in [0.4, 0.5) is 8.78 Å². The van der Waals surface area contributed by atoms with E-state index in [-0.39, 0.29) is 0 Å². The van der Waals surface area contributed by atoms with Gasteiger partial charge >= 0.3 is 17.9 Å². The number of alkyl halides is 2. The Hall–Kier alpha value is -2.08. The van der Waals surface area contributed by atoms with Crippen molar-refractivity contribution in [3.05, 3.63) is 0 Å². The molecule has 0 aromatic carbocycles. The van der Waals surface area contributed by atoms with E-state index in [0.29, 0.717) is 19.8 Å². The predicted octanol–water partition coefficient (Wildman–Crippen LogP) is 2.46. The molecule has 0 aromatic heterocycles. The molecule has 0 spiro atoms. The zero-order chi connectivity index (χ0) is 16.6. The number of halogens is 2. The minimum absolute atomic E-state index is 0.401. The van der Waals surface area contributed by atoms with Gasteiger partial charge in [0.05, 0.1) is 0 Å². The largest absolute Gasteiger partial charge is 0.449 e. The lowest BCUT2D eigenvalue weighted by atomic mass is 9.85. The normalized spacial score (nSPS) is 16.4. The van der Waals surface area contributed by atoms with Gasteiger partial charge in [0, 0.05) is 6.92 Å². The van der Waals surface area contributed by atoms with Gasteiger partial charge in [-0.05, 0) is 50.4 Å². The number of ether oxygens (including phenoxy) is 2. The number of esters is 2. The molecule has 1 aliphatic rings. The molecule has 1 rings (SSSR count). The first-order valence-corrected chi connectivity index (χ1v) is 7.00. The van der Waals surface area contributed by atoms with E-state index in [1.807, 2.05) is 0 Å². The zero-order valence-corrected chi connectivity index (χ0v) is 12.6. The summed E-state index contributed by atoms with van der Waals surface area (Å²) in [5.41, 5.74) is -0.972. The van der Waals surface area contributed by atoms with E-state index in [9.17, 15) is 18.4 Å². The van der Waals surface area contributed by atoms with Crippen LogP contribution in [0.3, 0.4) is 0 Å². The molecule has 22 heavy (non-hydrogen) atoms. The van der Waals surface area contributed by atoms with Gasteiger partial charge < -0.3 is 9.47 Å². The van der Waals surface area contributed by atoms with Crippen molar-refractivity contribution in [3.8, 4) is 23.7 Å². The lowest BCUT2D eigenvalue weighted by Crippen LogP contribution is -2.38. The van der Waals surface area contributed by atoms with Crippen molar-refractivity contribution in [1.29, 1.82) is 0 Å². The van der Waals surface area contributed by atoms with Crippen molar-refractivity contribution in [2.75, 3.05) is 6.61 Å². The molecule has 120 valence electrons. The first-order chi connectivity index (χ1) is 10.3. The molecule has 0 radical (unpaired) electrons. The highest BCUT2D eigenvalue weighted by Crippen LogP contribution is 2.31. The fraction of sp³-hybridized carbons (Fsp3) is 0.625. The molecule has 0 amide bonds. The summed E-state index contributed by atoms with van der Waals surface area (Å²) in [5.74, 6) is 4.36. The van der Waals surface area contributed by atoms with Crippen molar-refractivity contribution in [2.24, 2.45) is 0 Å². The molecule has 0 bridgehead atoms. The van der Waals surface area contributed by atoms with Crippen molar-refractivity contribution >= 4 is 11.9 Å². The van der Waals surface area contributed by atoms with E-state index in [1.165, 1.54) is 0 Å². The Labute approximate surface area is 128 Å². The standard InChI is InChI=1S/C16H18F2O4/c1-3-4-6-9-16(10-7-5-8-11-16)22-13(19)12-21-14(20)15(2,17)18/h5,7-8,10-12H2,1-2H3. The van der Waals surface area contributed by atoms with E-state index in [0.717, 1.165) is 19.3 Å². The van der Waals surface area contributed by atoms with Crippen molar-refractivity contribution < 1.29 is 27.8 Å². The molecule has 1 aliphatic carbocycles. The van der Waals surface area contributed by atoms with Crippen LogP contribution in [0.5, 0.6) is 0 Å². The zero-order valence-electron chi connectivity index (χ0n) is 12.6. The van der Waals surface area contributed by atoms with Crippen LogP contribution in [0.15, 0.2) is 0 Å². The van der Waals surface area contributed by atoms with Crippen LogP contribution in [0.25, 0.3) is 0 Å². The average molecular weight is 312 g/mol. The van der Waals surface area contributed by atoms with E-state index >= 15 is 0 Å². The molecule has 0 N–H and O–H groups in total. The second kappa shape index (κ2) is 7.79. The monoisotopic (exact) mass is 312 g/mol. The predicted molar refractivity (Wildman–Crippen MR) is 74.7 cm³/mol. The molecule has 1 saturated carbocycles. The quantitative estimate of drug-likeness (QED) is 0.591. The van der Waals surface area contributed by atoms with E-state index in [4.69, 9.17) is 4.74 Å². The average Bonchev–Trinajstić information content (AvgIpc) is 2.45. The fourth-order valence-electron chi connectivity index (χ4n) is 2.08. The molecular weight excluding hydrogens is 294 g/mol. The Kier molecular flexibility index (Phi) is 6.37. The number of hydrogen-bond acceptors (Lipinski definition) is 4. The Bertz CT molecular complexity index is 534. The van der Waals surface area contributed by atoms with Gasteiger partial charge in [-0.3, -0.25) is 0 Å². The summed E-state index contributed by atoms with van der Waals surface area (Å²) in [6.45, 7) is 1.18. The first-order valence-electron chi connectivity index (χ1n) is 7.00. The highest BCUT2D eigenvalue weighted by Gasteiger charge is 2.37. The van der Waals surface area contributed by atoms with Crippen molar-refractivity contribution in [1.82, 2.24) is 0 Å². The van der Waals surface area contributed by atoms with Gasteiger partial charge in [-0.1, -0.05) is 12.3 Å². The SMILES string of the molecule is CC#CC#CC1(OC(=O)COC(=O)C(C)(F)F)CCCCC1. The Morgan fingerprint density at radius 2 is 1.82 bits per heavy atom. The van der Waals surface area contributed by atoms with Gasteiger partial charge in [0.1, 0.15) is 0 Å². The number of hydrogen-bond donors (Lipinski definition) is 0. The van der Waals surface area contributed by atoms with Gasteiger partial charge in [0.25, 0.3) is 0 Å². The van der Waals surface area contributed by atoms with Crippen LogP contribution < -0.4 is 0 Å². The summed E-state index contributed by atoms with van der Waals surface area (Å²) >= 11 is 0. The van der Waals surface area contributed by atoms with E-state index < -0.39 is 30.1 Å². The topological polar surface area (TPSA) is 52.6 Å². The Morgan fingerprint density at radius 3 is 2.36 bits per heavy atom. The van der Waals surface area contributed by atoms with Crippen LogP contribution in [-0.2, 0) is 19.1 Å². The number of carbonyl (C=O) groups excluding carboxylic acids is 2. The van der Waals surface area contributed by atoms with Crippen molar-refractivity contribution in [3.63, 3.8) is 0 Å². The summed E-state index contributed by atoms with van der Waals surface area (Å²) in [5, 5.41) is 0. The number of carbonyl (C=O) groups is 2. The third-order valence-corrected chi connectivity index (χ3v) is 3.13. The fourth-order valence-corrected chi connectivity index (χ4v) is 2.08. The first kappa shape index (κ1) is 18.0. The van der Waals surface area contributed by atoms with Gasteiger partial charge in [-0.2, -0.15) is 8.78 Å². The van der Waals surface area contributed by atoms with Crippen LogP contribution in [0.1, 0.15) is 46.0 Å². The molecule has 0 unspecified atom stereocenters. The summed E-state index contributed by atoms with van der Waals surface area (Å²) in [4.78, 5) is 22.7. The van der Waals surface area contributed by atoms with Gasteiger partial charge in [-0.15, -0.1) is 0 Å². The van der Waals surface area contributed by atoms with E-state index in [2.05, 4.69) is 28.4 Å². The maximum Gasteiger partial charge on any atom is 0.377 e. The second-order valence-electron chi connectivity index (χ2n) is 5.12. The van der Waals surface area contributed by atoms with Gasteiger partial charge in [-0.25, -0.2) is 9.59 Å². The number of rotatable bonds is 4. The minimum Gasteiger partial charge on any atom is -0.449 e. The minimum atomic E-state index is -3.64. The van der Waals surface area contributed by atoms with Crippen LogP contribution in [0.2, 0.25) is 0 Å². The molecule has 0 aromatic rings. The van der Waals surface area contributed by atoms with Crippen LogP contribution in [-0.4, -0.2) is 30.1 Å². The molecule has 6 heteroatoms. The molecule has 0 saturated heterocycles. The van der Waals surface area contributed by atoms with Crippen molar-refractivity contribution in [2.45, 2.75) is 57.5 Å². The molecule has 1 fully saturated rings. The summed E-state index contributed by atoms with van der Waals surface area (Å²) in [7, 11) is 0. The third-order valence-electron chi connectivity index (χ3n) is 3.13. The molecular formula is C16H18F2O4. The Balaban J connectivity index is 2.66. The highest BCUT2D eigenvalue weighted by atomic mass is 19.3. The summed E-state index contributed by atoms with van der Waals surface area (Å²) < 4.78 is 34.8. The molecule has 0 atom stereocenters. The third kappa shape index (κ3) is 5.73. The second-order valence-corrected chi connectivity index (χ2v) is 5.12. The molecule has 4 nitrogen and oxygen atoms in total. The summed E-state index contributed by atoms with van der Waals surface area (Å²) in [6, 6.07) is 0. The maximum atomic E-state index is 12.6. The summed E-state index contributed by atoms with van der Waals surface area (Å²) in [6.07, 6.45) is 3.80. The Morgan fingerprint density at radius 1 is 1.18 bits per heavy atom. The van der Waals surface area contributed by atoms with Gasteiger partial charge in [0.2, 0.25) is 0 Å². The maximum absolute atomic E-state index is 12.6. The van der Waals surface area contributed by atoms with Crippen LogP contribution >= 0.6 is 0 Å². The smallest absolute Gasteiger partial charge is 0.377 e. The lowest BCUT2D eigenvalue weighted by molar-refractivity contribution is -0.179. The highest BCUT2D eigenvalue weighted by molar-refractivity contribution is 5.80.